The molecule has 0 radical (unpaired) electrons. The molecule has 0 N–H and O–H groups in total. The van der Waals surface area contributed by atoms with E-state index in [0.717, 1.165) is 5.04 Å². The van der Waals surface area contributed by atoms with Crippen LogP contribution in [-0.2, 0) is 0 Å². The van der Waals surface area contributed by atoms with Crippen LogP contribution >= 0.6 is 0 Å². The van der Waals surface area contributed by atoms with Gasteiger partial charge in [-0.05, 0) is 17.9 Å². The largest absolute Gasteiger partial charge is 0.0678 e. The normalized spacial score (nSPS) is 27.3. The Balaban J connectivity index is 2.72. The van der Waals surface area contributed by atoms with Gasteiger partial charge in [0.25, 0.3) is 0 Å². The molecule has 18 heavy (non-hydrogen) atoms. The summed E-state index contributed by atoms with van der Waals surface area (Å²) in [5, 5.41) is 0.822. The highest BCUT2D eigenvalue weighted by Crippen LogP contribution is 2.58. The monoisotopic (exact) mass is 268 g/mol. The van der Waals surface area contributed by atoms with Crippen molar-refractivity contribution in [2.24, 2.45) is 0 Å². The summed E-state index contributed by atoms with van der Waals surface area (Å²) in [7, 11) is -0.970. The molecule has 1 aliphatic rings. The fourth-order valence-corrected chi connectivity index (χ4v) is 11.1. The number of hydrogen-bond acceptors (Lipinski definition) is 0. The highest BCUT2D eigenvalue weighted by molar-refractivity contribution is 6.82. The second kappa shape index (κ2) is 7.72. The van der Waals surface area contributed by atoms with Crippen molar-refractivity contribution in [3.63, 3.8) is 0 Å². The van der Waals surface area contributed by atoms with Gasteiger partial charge >= 0.3 is 0 Å². The average molecular weight is 269 g/mol. The third-order valence-corrected chi connectivity index (χ3v) is 13.3. The summed E-state index contributed by atoms with van der Waals surface area (Å²) >= 11 is 0. The molecule has 1 heteroatoms. The molecule has 0 aromatic carbocycles. The summed E-state index contributed by atoms with van der Waals surface area (Å²) in [4.78, 5) is 0. The van der Waals surface area contributed by atoms with Crippen LogP contribution in [-0.4, -0.2) is 8.07 Å². The van der Waals surface area contributed by atoms with Crippen LogP contribution in [0.1, 0.15) is 85.5 Å². The first-order chi connectivity index (χ1) is 8.70. The Hall–Kier alpha value is 0.217. The molecule has 0 nitrogen and oxygen atoms in total. The van der Waals surface area contributed by atoms with Gasteiger partial charge in [0.05, 0.1) is 8.07 Å². The van der Waals surface area contributed by atoms with Gasteiger partial charge in [0, 0.05) is 0 Å². The molecular weight excluding hydrogens is 232 g/mol. The first kappa shape index (κ1) is 16.3. The minimum Gasteiger partial charge on any atom is -0.0678 e. The van der Waals surface area contributed by atoms with Crippen molar-refractivity contribution >= 4 is 8.07 Å². The van der Waals surface area contributed by atoms with E-state index in [-0.39, 0.29) is 0 Å². The molecule has 0 spiro atoms. The molecule has 0 bridgehead atoms. The van der Waals surface area contributed by atoms with Crippen LogP contribution in [0.25, 0.3) is 0 Å². The van der Waals surface area contributed by atoms with Crippen LogP contribution in [0.3, 0.4) is 0 Å². The van der Waals surface area contributed by atoms with Crippen LogP contribution in [0.2, 0.25) is 23.2 Å². The molecular formula is C17H36Si. The predicted octanol–water partition coefficient (Wildman–Crippen LogP) is 6.78. The number of hydrogen-bond donors (Lipinski definition) is 0. The highest BCUT2D eigenvalue weighted by Gasteiger charge is 2.49. The zero-order valence-corrected chi connectivity index (χ0v) is 14.5. The second-order valence-electron chi connectivity index (χ2n) is 6.64. The van der Waals surface area contributed by atoms with Crippen LogP contribution in [0.4, 0.5) is 0 Å². The summed E-state index contributed by atoms with van der Waals surface area (Å²) in [5.41, 5.74) is 0. The third-order valence-electron chi connectivity index (χ3n) is 6.22. The van der Waals surface area contributed by atoms with Crippen LogP contribution in [0.15, 0.2) is 0 Å². The number of unbranched alkanes of at least 4 members (excludes halogenated alkanes) is 3. The Kier molecular flexibility index (Phi) is 6.98. The number of rotatable bonds is 8. The maximum absolute atomic E-state index is 2.51. The second-order valence-corrected chi connectivity index (χ2v) is 12.2. The molecule has 0 aliphatic carbocycles. The molecule has 108 valence electrons. The fraction of sp³-hybridized carbons (Fsp3) is 1.00. The molecule has 1 saturated heterocycles. The van der Waals surface area contributed by atoms with Crippen molar-refractivity contribution < 1.29 is 0 Å². The van der Waals surface area contributed by atoms with Crippen molar-refractivity contribution in [1.29, 1.82) is 0 Å². The smallest absolute Gasteiger partial charge is 0.0592 e. The quantitative estimate of drug-likeness (QED) is 0.336. The Labute approximate surface area is 117 Å². The van der Waals surface area contributed by atoms with Crippen molar-refractivity contribution in [2.75, 3.05) is 0 Å². The molecule has 1 aliphatic heterocycles. The van der Waals surface area contributed by atoms with Gasteiger partial charge in [0.15, 0.2) is 0 Å². The van der Waals surface area contributed by atoms with Gasteiger partial charge in [0.1, 0.15) is 0 Å². The molecule has 0 amide bonds. The topological polar surface area (TPSA) is 0 Å². The maximum Gasteiger partial charge on any atom is 0.0592 e. The van der Waals surface area contributed by atoms with Crippen LogP contribution in [0, 0.1) is 0 Å². The van der Waals surface area contributed by atoms with E-state index in [0.29, 0.717) is 0 Å². The SMILES string of the molecule is CCCCCCC1(CC)CCCC[Si]1(CC)CC. The fourth-order valence-electron chi connectivity index (χ4n) is 4.82. The minimum absolute atomic E-state index is 0.822. The van der Waals surface area contributed by atoms with Crippen molar-refractivity contribution in [1.82, 2.24) is 0 Å². The summed E-state index contributed by atoms with van der Waals surface area (Å²) in [6, 6.07) is 4.73. The summed E-state index contributed by atoms with van der Waals surface area (Å²) < 4.78 is 0. The minimum atomic E-state index is -0.970. The summed E-state index contributed by atoms with van der Waals surface area (Å²) in [5.74, 6) is 0. The Morgan fingerprint density at radius 3 is 2.17 bits per heavy atom. The van der Waals surface area contributed by atoms with Crippen molar-refractivity contribution in [2.45, 2.75) is 109 Å². The Morgan fingerprint density at radius 1 is 0.889 bits per heavy atom. The van der Waals surface area contributed by atoms with Crippen molar-refractivity contribution in [3.05, 3.63) is 0 Å². The van der Waals surface area contributed by atoms with E-state index in [1.165, 1.54) is 38.5 Å². The van der Waals surface area contributed by atoms with Crippen LogP contribution in [0.5, 0.6) is 0 Å². The zero-order chi connectivity index (χ0) is 13.5. The van der Waals surface area contributed by atoms with Gasteiger partial charge in [-0.25, -0.2) is 0 Å². The van der Waals surface area contributed by atoms with E-state index < -0.39 is 8.07 Å². The van der Waals surface area contributed by atoms with E-state index in [4.69, 9.17) is 0 Å². The summed E-state index contributed by atoms with van der Waals surface area (Å²) in [6.07, 6.45) is 13.5. The van der Waals surface area contributed by atoms with Gasteiger partial charge in [-0.3, -0.25) is 0 Å². The molecule has 1 fully saturated rings. The first-order valence-electron chi connectivity index (χ1n) is 8.70. The predicted molar refractivity (Wildman–Crippen MR) is 87.1 cm³/mol. The highest BCUT2D eigenvalue weighted by atomic mass is 28.3. The van der Waals surface area contributed by atoms with Gasteiger partial charge in [-0.1, -0.05) is 90.8 Å². The van der Waals surface area contributed by atoms with Crippen molar-refractivity contribution in [3.8, 4) is 0 Å². The lowest BCUT2D eigenvalue weighted by Gasteiger charge is -2.53. The van der Waals surface area contributed by atoms with Gasteiger partial charge in [-0.15, -0.1) is 0 Å². The molecule has 1 unspecified atom stereocenters. The lowest BCUT2D eigenvalue weighted by molar-refractivity contribution is 0.379. The first-order valence-corrected chi connectivity index (χ1v) is 11.3. The maximum atomic E-state index is 2.51. The van der Waals surface area contributed by atoms with E-state index in [1.54, 1.807) is 37.4 Å². The average Bonchev–Trinajstić information content (AvgIpc) is 2.44. The lowest BCUT2D eigenvalue weighted by Crippen LogP contribution is -2.49. The van der Waals surface area contributed by atoms with Gasteiger partial charge < -0.3 is 0 Å². The third kappa shape index (κ3) is 3.21. The van der Waals surface area contributed by atoms with Crippen LogP contribution < -0.4 is 0 Å². The zero-order valence-electron chi connectivity index (χ0n) is 13.5. The van der Waals surface area contributed by atoms with E-state index in [1.807, 2.05) is 0 Å². The standard InChI is InChI=1S/C17H36Si/c1-5-9-10-11-14-17(6-2)15-12-13-16-18(17,7-3)8-4/h5-16H2,1-4H3. The molecule has 0 aromatic heterocycles. The Morgan fingerprint density at radius 2 is 1.61 bits per heavy atom. The van der Waals surface area contributed by atoms with E-state index in [9.17, 15) is 0 Å². The van der Waals surface area contributed by atoms with Gasteiger partial charge in [-0.2, -0.15) is 0 Å². The molecule has 1 atom stereocenters. The molecule has 1 rings (SSSR count). The molecule has 0 aromatic rings. The van der Waals surface area contributed by atoms with Gasteiger partial charge in [0.2, 0.25) is 0 Å². The molecule has 0 saturated carbocycles. The van der Waals surface area contributed by atoms with E-state index in [2.05, 4.69) is 27.7 Å². The Bertz CT molecular complexity index is 220. The summed E-state index contributed by atoms with van der Waals surface area (Å²) in [6.45, 7) is 9.85. The molecule has 1 heterocycles. The van der Waals surface area contributed by atoms with E-state index >= 15 is 0 Å². The lowest BCUT2D eigenvalue weighted by atomic mass is 9.91.